The second kappa shape index (κ2) is 16.3. The summed E-state index contributed by atoms with van der Waals surface area (Å²) in [5.74, 6) is 0.955. The molecule has 7 aromatic carbocycles. The number of hydrogen-bond acceptors (Lipinski definition) is 3. The number of hydrogen-bond donors (Lipinski definition) is 0. The van der Waals surface area contributed by atoms with Crippen LogP contribution in [0.1, 0.15) is 208 Å². The van der Waals surface area contributed by atoms with E-state index in [1.807, 2.05) is 0 Å². The number of fused-ring (bicyclic) bond motifs is 10. The molecule has 0 N–H and O–H groups in total. The minimum Gasteiger partial charge on any atom is -0.440 e. The van der Waals surface area contributed by atoms with Crippen molar-refractivity contribution < 1.29 is 4.42 Å². The monoisotopic (exact) mass is 1030 g/mol. The van der Waals surface area contributed by atoms with Gasteiger partial charge in [0.1, 0.15) is 5.58 Å². The van der Waals surface area contributed by atoms with Crippen molar-refractivity contribution in [1.82, 2.24) is 0 Å². The Kier molecular flexibility index (Phi) is 10.8. The number of furan rings is 1. The van der Waals surface area contributed by atoms with E-state index in [-0.39, 0.29) is 50.0 Å². The maximum atomic E-state index is 7.81. The fraction of sp³-hybridized carbons (Fsp3) is 0.432. The van der Waals surface area contributed by atoms with Gasteiger partial charge in [-0.1, -0.05) is 179 Å². The quantitative estimate of drug-likeness (QED) is 0.164. The molecule has 0 unspecified atom stereocenters. The van der Waals surface area contributed by atoms with Gasteiger partial charge in [-0.25, -0.2) is 0 Å². The Bertz CT molecular complexity index is 3820. The van der Waals surface area contributed by atoms with E-state index in [1.165, 1.54) is 117 Å². The molecule has 3 heterocycles. The fourth-order valence-electron chi connectivity index (χ4n) is 15.0. The van der Waals surface area contributed by atoms with Crippen LogP contribution in [0, 0.1) is 0 Å². The first-order valence-corrected chi connectivity index (χ1v) is 29.7. The Balaban J connectivity index is 1.22. The SMILES string of the molecule is CC(C)(C)c1cc(N2c3cc4c(cc3B3c5c2cc(-c2ccc6ccccc6c2)cc5N(c2ccc5c(c2)C(C)(C)CCC5(C)C)c2oc5cc6c(cc5c23)C(C)(C)CCC6(C)C)C(C)(C)CCC4(C)C)cc(C(C)(C)C)c1. The molecule has 0 spiro atoms. The predicted octanol–water partition coefficient (Wildman–Crippen LogP) is 19.0. The lowest BCUT2D eigenvalue weighted by Crippen LogP contribution is -2.61. The summed E-state index contributed by atoms with van der Waals surface area (Å²) in [4.78, 5) is 5.32. The second-order valence-corrected chi connectivity index (χ2v) is 31.1. The van der Waals surface area contributed by atoms with Gasteiger partial charge in [0.15, 0.2) is 0 Å². The topological polar surface area (TPSA) is 19.6 Å². The first-order chi connectivity index (χ1) is 36.3. The van der Waals surface area contributed by atoms with Gasteiger partial charge < -0.3 is 9.32 Å². The van der Waals surface area contributed by atoms with Crippen LogP contribution in [-0.2, 0) is 43.3 Å². The Morgan fingerprint density at radius 1 is 0.397 bits per heavy atom. The zero-order chi connectivity index (χ0) is 55.4. The summed E-state index contributed by atoms with van der Waals surface area (Å²) in [7, 11) is 0. The molecular weight excluding hydrogens is 944 g/mol. The van der Waals surface area contributed by atoms with Gasteiger partial charge in [0.05, 0.1) is 0 Å². The maximum Gasteiger partial charge on any atom is 0.257 e. The Morgan fingerprint density at radius 2 is 0.897 bits per heavy atom. The molecule has 13 rings (SSSR count). The van der Waals surface area contributed by atoms with Crippen molar-refractivity contribution in [2.24, 2.45) is 0 Å². The van der Waals surface area contributed by atoms with Crippen molar-refractivity contribution in [2.75, 3.05) is 9.80 Å². The maximum absolute atomic E-state index is 7.81. The first-order valence-electron chi connectivity index (χ1n) is 29.7. The van der Waals surface area contributed by atoms with Gasteiger partial charge in [-0.05, 0) is 220 Å². The van der Waals surface area contributed by atoms with Crippen LogP contribution < -0.4 is 26.2 Å². The summed E-state index contributed by atoms with van der Waals surface area (Å²) in [5.41, 5.74) is 25.0. The molecule has 1 aromatic heterocycles. The van der Waals surface area contributed by atoms with E-state index in [4.69, 9.17) is 4.42 Å². The lowest BCUT2D eigenvalue weighted by atomic mass is 9.33. The minimum atomic E-state index is -0.107. The van der Waals surface area contributed by atoms with E-state index in [0.717, 1.165) is 49.3 Å². The molecule has 8 aromatic rings. The molecule has 5 aliphatic rings. The van der Waals surface area contributed by atoms with Gasteiger partial charge in [0.2, 0.25) is 5.88 Å². The highest BCUT2D eigenvalue weighted by atomic mass is 16.4. The second-order valence-electron chi connectivity index (χ2n) is 31.1. The van der Waals surface area contributed by atoms with E-state index in [1.54, 1.807) is 0 Å². The molecule has 0 saturated carbocycles. The molecule has 0 radical (unpaired) electrons. The average molecular weight is 1030 g/mol. The van der Waals surface area contributed by atoms with Crippen LogP contribution in [0.25, 0.3) is 32.9 Å². The molecule has 0 bridgehead atoms. The summed E-state index contributed by atoms with van der Waals surface area (Å²) < 4.78 is 7.81. The molecule has 0 atom stereocenters. The van der Waals surface area contributed by atoms with Gasteiger partial charge in [-0.2, -0.15) is 0 Å². The number of nitrogens with zero attached hydrogens (tertiary/aromatic N) is 2. The van der Waals surface area contributed by atoms with Crippen molar-refractivity contribution in [2.45, 2.75) is 206 Å². The summed E-state index contributed by atoms with van der Waals surface area (Å²) in [6.07, 6.45) is 6.91. The highest BCUT2D eigenvalue weighted by molar-refractivity contribution is 7.01. The van der Waals surface area contributed by atoms with Gasteiger partial charge >= 0.3 is 0 Å². The van der Waals surface area contributed by atoms with Gasteiger partial charge in [0.25, 0.3) is 6.71 Å². The summed E-state index contributed by atoms with van der Waals surface area (Å²) in [6.45, 7) is 43.9. The summed E-state index contributed by atoms with van der Waals surface area (Å²) in [6, 6.07) is 46.5. The van der Waals surface area contributed by atoms with Crippen molar-refractivity contribution >= 4 is 79.2 Å². The molecule has 0 saturated heterocycles. The van der Waals surface area contributed by atoms with Crippen LogP contribution in [0.3, 0.4) is 0 Å². The van der Waals surface area contributed by atoms with Gasteiger partial charge in [-0.3, -0.25) is 4.90 Å². The lowest BCUT2D eigenvalue weighted by molar-refractivity contribution is 0.332. The smallest absolute Gasteiger partial charge is 0.257 e. The Labute approximate surface area is 468 Å². The summed E-state index contributed by atoms with van der Waals surface area (Å²) in [5, 5.41) is 3.75. The van der Waals surface area contributed by atoms with Crippen LogP contribution in [0.4, 0.5) is 34.3 Å². The molecule has 400 valence electrons. The van der Waals surface area contributed by atoms with E-state index >= 15 is 0 Å². The van der Waals surface area contributed by atoms with E-state index in [9.17, 15) is 0 Å². The van der Waals surface area contributed by atoms with E-state index in [2.05, 4.69) is 250 Å². The number of anilines is 6. The minimum absolute atomic E-state index is 0.000294. The first kappa shape index (κ1) is 51.4. The summed E-state index contributed by atoms with van der Waals surface area (Å²) >= 11 is 0. The van der Waals surface area contributed by atoms with Gasteiger partial charge in [-0.15, -0.1) is 0 Å². The molecule has 3 nitrogen and oxygen atoms in total. The molecule has 3 aliphatic carbocycles. The van der Waals surface area contributed by atoms with Crippen LogP contribution in [0.5, 0.6) is 0 Å². The highest BCUT2D eigenvalue weighted by Gasteiger charge is 2.50. The zero-order valence-corrected chi connectivity index (χ0v) is 50.6. The normalized spacial score (nSPS) is 19.9. The number of rotatable bonds is 3. The van der Waals surface area contributed by atoms with Crippen molar-refractivity contribution in [3.8, 4) is 11.1 Å². The third kappa shape index (κ3) is 7.70. The van der Waals surface area contributed by atoms with Crippen molar-refractivity contribution in [3.05, 3.63) is 160 Å². The highest BCUT2D eigenvalue weighted by Crippen LogP contribution is 2.55. The molecule has 0 fully saturated rings. The average Bonchev–Trinajstić information content (AvgIpc) is 3.16. The molecule has 0 amide bonds. The molecule has 78 heavy (non-hydrogen) atoms. The van der Waals surface area contributed by atoms with Crippen LogP contribution in [0.2, 0.25) is 0 Å². The van der Waals surface area contributed by atoms with E-state index < -0.39 is 0 Å². The lowest BCUT2D eigenvalue weighted by Gasteiger charge is -2.47. The number of benzene rings is 7. The third-order valence-electron chi connectivity index (χ3n) is 20.7. The fourth-order valence-corrected chi connectivity index (χ4v) is 15.0. The van der Waals surface area contributed by atoms with Gasteiger partial charge in [0, 0.05) is 39.3 Å². The Morgan fingerprint density at radius 3 is 1.47 bits per heavy atom. The standard InChI is InChI=1S/C74H85BN2O/c1-67(2,3)48-36-49(68(4,5)6)38-51(37-48)76-60-42-57-56(72(13,14)30-31-73(57,15)16)41-59(60)75-64-52-40-55-58(74(17,18)32-29-71(55,11)12)43-63(52)78-66(64)77(50-25-26-53-54(39-50)70(9,10)28-27-69(53,7)8)62-35-47(34-61(76)65(62)75)46-24-23-44-21-19-20-22-45(44)33-46/h19-26,33-43H,27-32H2,1-18H3. The van der Waals surface area contributed by atoms with Crippen LogP contribution in [-0.4, -0.2) is 6.71 Å². The third-order valence-corrected chi connectivity index (χ3v) is 20.7. The van der Waals surface area contributed by atoms with E-state index in [0.29, 0.717) is 0 Å². The molecular formula is C74H85BN2O. The molecule has 2 aliphatic heterocycles. The Hall–Kier alpha value is -6.00. The van der Waals surface area contributed by atoms with Crippen molar-refractivity contribution in [3.63, 3.8) is 0 Å². The predicted molar refractivity (Wildman–Crippen MR) is 336 cm³/mol. The molecule has 4 heteroatoms. The van der Waals surface area contributed by atoms with Crippen LogP contribution >= 0.6 is 0 Å². The zero-order valence-electron chi connectivity index (χ0n) is 50.6. The largest absolute Gasteiger partial charge is 0.440 e. The van der Waals surface area contributed by atoms with Crippen LogP contribution in [0.15, 0.2) is 120 Å². The van der Waals surface area contributed by atoms with Crippen molar-refractivity contribution in [1.29, 1.82) is 0 Å².